The molecule has 0 aromatic heterocycles. The normalized spacial score (nSPS) is 16.9. The molecule has 0 radical (unpaired) electrons. The monoisotopic (exact) mass is 554 g/mol. The third-order valence-corrected chi connectivity index (χ3v) is 6.08. The number of ether oxygens (including phenoxy) is 5. The summed E-state index contributed by atoms with van der Waals surface area (Å²) < 4.78 is 28.0. The highest BCUT2D eigenvalue weighted by Crippen LogP contribution is 2.44. The number of nitrogens with zero attached hydrogens (tertiary/aromatic N) is 2. The molecule has 0 N–H and O–H groups in total. The van der Waals surface area contributed by atoms with Crippen molar-refractivity contribution in [3.63, 3.8) is 0 Å². The zero-order chi connectivity index (χ0) is 29.1. The summed E-state index contributed by atoms with van der Waals surface area (Å²) >= 11 is 0. The fourth-order valence-electron chi connectivity index (χ4n) is 4.51. The number of hydrogen-bond donors (Lipinski definition) is 0. The Morgan fingerprint density at radius 3 is 2.20 bits per heavy atom. The van der Waals surface area contributed by atoms with Gasteiger partial charge in [0.2, 0.25) is 0 Å². The van der Waals surface area contributed by atoms with Crippen LogP contribution in [0.25, 0.3) is 0 Å². The molecule has 1 aliphatic rings. The van der Waals surface area contributed by atoms with Gasteiger partial charge in [0, 0.05) is 36.5 Å². The first-order chi connectivity index (χ1) is 19.3. The van der Waals surface area contributed by atoms with E-state index in [4.69, 9.17) is 23.7 Å². The molecule has 0 aliphatic carbocycles. The number of esters is 2. The van der Waals surface area contributed by atoms with Crippen molar-refractivity contribution < 1.29 is 38.2 Å². The maximum absolute atomic E-state index is 13.5. The van der Waals surface area contributed by atoms with Crippen molar-refractivity contribution in [2.75, 3.05) is 33.0 Å². The zero-order valence-corrected chi connectivity index (χ0v) is 23.0. The zero-order valence-electron chi connectivity index (χ0n) is 23.0. The van der Waals surface area contributed by atoms with E-state index in [1.807, 2.05) is 18.2 Å². The van der Waals surface area contributed by atoms with Gasteiger partial charge in [-0.05, 0) is 39.8 Å². The maximum Gasteiger partial charge on any atom is 0.336 e. The molecule has 0 saturated heterocycles. The summed E-state index contributed by atoms with van der Waals surface area (Å²) in [6.45, 7) is 7.25. The second-order valence-corrected chi connectivity index (χ2v) is 8.60. The van der Waals surface area contributed by atoms with E-state index in [1.54, 1.807) is 45.9 Å². The summed E-state index contributed by atoms with van der Waals surface area (Å²) in [6.07, 6.45) is -1.04. The molecule has 214 valence electrons. The van der Waals surface area contributed by atoms with E-state index in [0.717, 1.165) is 0 Å². The van der Waals surface area contributed by atoms with Crippen LogP contribution in [0.3, 0.4) is 0 Å². The highest BCUT2D eigenvalue weighted by atomic mass is 16.7. The van der Waals surface area contributed by atoms with Crippen molar-refractivity contribution >= 4 is 23.3 Å². The molecule has 11 heteroatoms. The Balaban J connectivity index is 2.09. The van der Waals surface area contributed by atoms with Crippen molar-refractivity contribution in [3.05, 3.63) is 81.5 Å². The van der Waals surface area contributed by atoms with E-state index >= 15 is 0 Å². The molecule has 40 heavy (non-hydrogen) atoms. The molecule has 1 aliphatic heterocycles. The number of nitro groups is 1. The number of rotatable bonds is 14. The second kappa shape index (κ2) is 14.9. The van der Waals surface area contributed by atoms with Crippen LogP contribution in [0.15, 0.2) is 70.9 Å². The van der Waals surface area contributed by atoms with Crippen molar-refractivity contribution in [3.8, 4) is 5.75 Å². The molecule has 2 aromatic rings. The Bertz CT molecular complexity index is 1240. The molecule has 0 bridgehead atoms. The van der Waals surface area contributed by atoms with Crippen molar-refractivity contribution in [2.24, 2.45) is 10.9 Å². The lowest BCUT2D eigenvalue weighted by Crippen LogP contribution is -2.44. The minimum Gasteiger partial charge on any atom is -0.490 e. The average Bonchev–Trinajstić information content (AvgIpc) is 2.95. The number of allylic oxidation sites excluding steroid dienone is 1. The van der Waals surface area contributed by atoms with Gasteiger partial charge in [0.25, 0.3) is 5.69 Å². The van der Waals surface area contributed by atoms with Crippen LogP contribution in [0.2, 0.25) is 0 Å². The van der Waals surface area contributed by atoms with Crippen LogP contribution < -0.4 is 4.74 Å². The number of para-hydroxylation sites is 2. The minimum absolute atomic E-state index is 0.00237. The molecule has 2 aromatic carbocycles. The van der Waals surface area contributed by atoms with E-state index in [-0.39, 0.29) is 61.3 Å². The lowest BCUT2D eigenvalue weighted by molar-refractivity contribution is -0.385. The predicted molar refractivity (Wildman–Crippen MR) is 146 cm³/mol. The highest BCUT2D eigenvalue weighted by Gasteiger charge is 2.48. The van der Waals surface area contributed by atoms with E-state index in [9.17, 15) is 19.7 Å². The van der Waals surface area contributed by atoms with Gasteiger partial charge in [-0.25, -0.2) is 4.79 Å². The van der Waals surface area contributed by atoms with Crippen LogP contribution in [0.4, 0.5) is 5.69 Å². The molecule has 2 unspecified atom stereocenters. The van der Waals surface area contributed by atoms with Gasteiger partial charge in [0.1, 0.15) is 24.9 Å². The van der Waals surface area contributed by atoms with Crippen LogP contribution in [0.1, 0.15) is 39.2 Å². The topological polar surface area (TPSA) is 136 Å². The van der Waals surface area contributed by atoms with Gasteiger partial charge in [0.15, 0.2) is 6.29 Å². The van der Waals surface area contributed by atoms with Crippen molar-refractivity contribution in [1.82, 2.24) is 0 Å². The van der Waals surface area contributed by atoms with Crippen LogP contribution in [-0.2, 0) is 28.5 Å². The SMILES string of the molecule is CCOC(=O)C1C(C(OCC)OCC)=NC(C)=C(C(=O)OCCOc2ccccc2)C1c1ccccc1[N+](=O)[O-]. The molecule has 0 spiro atoms. The molecule has 3 rings (SSSR count). The third-order valence-electron chi connectivity index (χ3n) is 6.08. The van der Waals surface area contributed by atoms with Gasteiger partial charge in [-0.2, -0.15) is 0 Å². The fraction of sp³-hybridized carbons (Fsp3) is 0.414. The smallest absolute Gasteiger partial charge is 0.336 e. The van der Waals surface area contributed by atoms with Crippen LogP contribution in [0, 0.1) is 16.0 Å². The van der Waals surface area contributed by atoms with E-state index in [1.165, 1.54) is 18.2 Å². The average molecular weight is 555 g/mol. The first kappa shape index (κ1) is 30.5. The van der Waals surface area contributed by atoms with Crippen molar-refractivity contribution in [1.29, 1.82) is 0 Å². The van der Waals surface area contributed by atoms with Gasteiger partial charge in [-0.1, -0.05) is 36.4 Å². The summed E-state index contributed by atoms with van der Waals surface area (Å²) in [5, 5.41) is 12.1. The Morgan fingerprint density at radius 2 is 1.57 bits per heavy atom. The lowest BCUT2D eigenvalue weighted by Gasteiger charge is -2.34. The number of nitro benzene ring substituents is 1. The molecular weight excluding hydrogens is 520 g/mol. The molecule has 0 saturated carbocycles. The number of carbonyl (C=O) groups is 2. The molecule has 2 atom stereocenters. The minimum atomic E-state index is -1.25. The first-order valence-corrected chi connectivity index (χ1v) is 13.1. The van der Waals surface area contributed by atoms with E-state index < -0.39 is 35.0 Å². The van der Waals surface area contributed by atoms with Crippen LogP contribution in [0.5, 0.6) is 5.75 Å². The Hall–Kier alpha value is -4.09. The standard InChI is InChI=1S/C29H34N2O9/c1-5-36-28(33)25-24(21-15-11-12-16-22(21)31(34)35)23(19(4)30-26(25)29(37-6-2)38-7-3)27(32)40-18-17-39-20-13-9-8-10-14-20/h8-16,24-25,29H,5-7,17-18H2,1-4H3. The molecule has 11 nitrogen and oxygen atoms in total. The van der Waals surface area contributed by atoms with Gasteiger partial charge in [-0.3, -0.25) is 19.9 Å². The molecule has 1 heterocycles. The van der Waals surface area contributed by atoms with E-state index in [2.05, 4.69) is 4.99 Å². The maximum atomic E-state index is 13.5. The quantitative estimate of drug-likeness (QED) is 0.108. The molecular formula is C29H34N2O9. The van der Waals surface area contributed by atoms with Crippen LogP contribution >= 0.6 is 0 Å². The summed E-state index contributed by atoms with van der Waals surface area (Å²) in [5.74, 6) is -3.30. The number of benzene rings is 2. The summed E-state index contributed by atoms with van der Waals surface area (Å²) in [5.41, 5.74) is 0.251. The van der Waals surface area contributed by atoms with Crippen molar-refractivity contribution in [2.45, 2.75) is 39.9 Å². The molecule has 0 fully saturated rings. The third kappa shape index (κ3) is 7.30. The first-order valence-electron chi connectivity index (χ1n) is 13.1. The second-order valence-electron chi connectivity index (χ2n) is 8.60. The largest absolute Gasteiger partial charge is 0.490 e. The highest BCUT2D eigenvalue weighted by molar-refractivity contribution is 6.09. The summed E-state index contributed by atoms with van der Waals surface area (Å²) in [4.78, 5) is 43.1. The number of carbonyl (C=O) groups excluding carboxylic acids is 2. The number of aliphatic imine (C=N–C) groups is 1. The predicted octanol–water partition coefficient (Wildman–Crippen LogP) is 4.61. The lowest BCUT2D eigenvalue weighted by atomic mass is 9.74. The van der Waals surface area contributed by atoms with Gasteiger partial charge >= 0.3 is 11.9 Å². The number of hydrogen-bond acceptors (Lipinski definition) is 10. The van der Waals surface area contributed by atoms with E-state index in [0.29, 0.717) is 5.75 Å². The van der Waals surface area contributed by atoms with Gasteiger partial charge in [0.05, 0.1) is 22.8 Å². The van der Waals surface area contributed by atoms with Crippen LogP contribution in [-0.4, -0.2) is 61.9 Å². The summed E-state index contributed by atoms with van der Waals surface area (Å²) in [6, 6.07) is 15.0. The summed E-state index contributed by atoms with van der Waals surface area (Å²) in [7, 11) is 0. The Morgan fingerprint density at radius 1 is 0.925 bits per heavy atom. The fourth-order valence-corrected chi connectivity index (χ4v) is 4.51. The molecule has 0 amide bonds. The van der Waals surface area contributed by atoms with Gasteiger partial charge < -0.3 is 23.7 Å². The van der Waals surface area contributed by atoms with Gasteiger partial charge in [-0.15, -0.1) is 0 Å². The Labute approximate surface area is 232 Å². The Kier molecular flexibility index (Phi) is 11.3.